The number of carbonyl (C=O) groups is 3. The predicted molar refractivity (Wildman–Crippen MR) is 129 cm³/mol. The van der Waals surface area contributed by atoms with Gasteiger partial charge in [-0.1, -0.05) is 43.7 Å². The maximum atomic E-state index is 12.0. The quantitative estimate of drug-likeness (QED) is 0.288. The Balaban J connectivity index is 0. The highest BCUT2D eigenvalue weighted by molar-refractivity contribution is 7.96. The van der Waals surface area contributed by atoms with Crippen molar-refractivity contribution in [1.82, 2.24) is 0 Å². The molecule has 0 bridgehead atoms. The average molecular weight is 499 g/mol. The molecule has 0 saturated heterocycles. The van der Waals surface area contributed by atoms with Crippen LogP contribution in [0.1, 0.15) is 59.4 Å². The summed E-state index contributed by atoms with van der Waals surface area (Å²) in [4.78, 5) is 30.4. The van der Waals surface area contributed by atoms with Gasteiger partial charge in [0.2, 0.25) is 9.84 Å². The molecule has 9 nitrogen and oxygen atoms in total. The summed E-state index contributed by atoms with van der Waals surface area (Å²) in [5, 5.41) is 34.4. The predicted octanol–water partition coefficient (Wildman–Crippen LogP) is 4.89. The minimum atomic E-state index is -3.92. The Hall–Kier alpha value is -3.40. The largest absolute Gasteiger partial charge is 0.512 e. The molecule has 4 N–H and O–H groups in total. The second-order valence-electron chi connectivity index (χ2n) is 7.00. The summed E-state index contributed by atoms with van der Waals surface area (Å²) < 4.78 is 24.1. The normalized spacial score (nSPS) is 12.3. The molecule has 0 aromatic heterocycles. The number of carboxylic acid groups (broad SMARTS) is 3. The number of aryl methyl sites for hydroxylation is 1. The van der Waals surface area contributed by atoms with Crippen molar-refractivity contribution in [1.29, 1.82) is 0 Å². The number of aliphatic carboxylic acids is 3. The van der Waals surface area contributed by atoms with Gasteiger partial charge in [-0.25, -0.2) is 22.8 Å². The van der Waals surface area contributed by atoms with Crippen LogP contribution in [0.3, 0.4) is 0 Å². The lowest BCUT2D eigenvalue weighted by Crippen LogP contribution is -2.13. The van der Waals surface area contributed by atoms with Crippen molar-refractivity contribution < 1.29 is 43.2 Å². The van der Waals surface area contributed by atoms with E-state index in [0.717, 1.165) is 12.0 Å². The molecule has 34 heavy (non-hydrogen) atoms. The van der Waals surface area contributed by atoms with Crippen LogP contribution in [0.25, 0.3) is 0 Å². The number of carboxylic acids is 3. The molecule has 0 unspecified atom stereocenters. The number of hydrogen-bond acceptors (Lipinski definition) is 6. The van der Waals surface area contributed by atoms with Gasteiger partial charge in [0.15, 0.2) is 4.91 Å². The van der Waals surface area contributed by atoms with Gasteiger partial charge in [-0.15, -0.1) is 0 Å². The minimum absolute atomic E-state index is 0.00481. The lowest BCUT2D eigenvalue weighted by molar-refractivity contribution is -0.133. The summed E-state index contributed by atoms with van der Waals surface area (Å²) in [7, 11) is -3.92. The third-order valence-electron chi connectivity index (χ3n) is 4.23. The Morgan fingerprint density at radius 3 is 1.68 bits per heavy atom. The second-order valence-corrected chi connectivity index (χ2v) is 8.92. The summed E-state index contributed by atoms with van der Waals surface area (Å²) >= 11 is 0. The van der Waals surface area contributed by atoms with E-state index >= 15 is 0 Å². The van der Waals surface area contributed by atoms with Gasteiger partial charge in [0, 0.05) is 12.0 Å². The van der Waals surface area contributed by atoms with Crippen molar-refractivity contribution in [2.24, 2.45) is 0 Å². The Bertz CT molecular complexity index is 1030. The van der Waals surface area contributed by atoms with E-state index < -0.39 is 32.7 Å². The lowest BCUT2D eigenvalue weighted by Gasteiger charge is -2.05. The summed E-state index contributed by atoms with van der Waals surface area (Å²) in [6.45, 7) is 10.1. The smallest absolute Gasteiger partial charge is 0.347 e. The van der Waals surface area contributed by atoms with Crippen molar-refractivity contribution in [2.45, 2.75) is 65.7 Å². The number of hydrogen-bond donors (Lipinski definition) is 4. The fourth-order valence-corrected chi connectivity index (χ4v) is 3.38. The zero-order valence-electron chi connectivity index (χ0n) is 20.3. The van der Waals surface area contributed by atoms with Crippen LogP contribution in [0.15, 0.2) is 63.1 Å². The molecule has 0 amide bonds. The molecule has 0 heterocycles. The molecule has 0 aliphatic rings. The third kappa shape index (κ3) is 12.0. The minimum Gasteiger partial charge on any atom is -0.512 e. The zero-order valence-corrected chi connectivity index (χ0v) is 21.1. The van der Waals surface area contributed by atoms with Crippen LogP contribution in [0, 0.1) is 6.92 Å². The molecule has 0 aliphatic heterocycles. The monoisotopic (exact) mass is 498 g/mol. The molecule has 1 rings (SSSR count). The SMILES string of the molecule is C/C=C(\C)C(=O)O.CC/C=C(\C(=O)O)S(=O)(=O)c1ccc(C)cc1.CCC/C(O)=C(/C)C(=O)O. The van der Waals surface area contributed by atoms with Crippen LogP contribution in [-0.4, -0.2) is 46.8 Å². The van der Waals surface area contributed by atoms with Gasteiger partial charge in [-0.2, -0.15) is 0 Å². The average Bonchev–Trinajstić information content (AvgIpc) is 2.77. The second kappa shape index (κ2) is 16.2. The molecule has 0 radical (unpaired) electrons. The Kier molecular flexibility index (Phi) is 15.7. The third-order valence-corrected chi connectivity index (χ3v) is 6.05. The summed E-state index contributed by atoms with van der Waals surface area (Å²) in [5.74, 6) is -3.34. The number of rotatable bonds is 8. The van der Waals surface area contributed by atoms with E-state index in [9.17, 15) is 22.8 Å². The maximum Gasteiger partial charge on any atom is 0.347 e. The van der Waals surface area contributed by atoms with E-state index in [1.54, 1.807) is 39.0 Å². The number of aliphatic hydroxyl groups is 1. The van der Waals surface area contributed by atoms with E-state index in [4.69, 9.17) is 20.4 Å². The van der Waals surface area contributed by atoms with Crippen LogP contribution in [0.2, 0.25) is 0 Å². The highest BCUT2D eigenvalue weighted by Gasteiger charge is 2.25. The van der Waals surface area contributed by atoms with Crippen molar-refractivity contribution in [3.05, 3.63) is 63.8 Å². The topological polar surface area (TPSA) is 166 Å². The highest BCUT2D eigenvalue weighted by atomic mass is 32.2. The van der Waals surface area contributed by atoms with Gasteiger partial charge < -0.3 is 20.4 Å². The van der Waals surface area contributed by atoms with E-state index in [1.807, 2.05) is 13.8 Å². The van der Waals surface area contributed by atoms with Crippen LogP contribution >= 0.6 is 0 Å². The number of allylic oxidation sites excluding steroid dienone is 3. The van der Waals surface area contributed by atoms with Gasteiger partial charge in [-0.3, -0.25) is 0 Å². The van der Waals surface area contributed by atoms with Gasteiger partial charge in [0.1, 0.15) is 5.76 Å². The molecule has 1 aromatic rings. The van der Waals surface area contributed by atoms with Crippen molar-refractivity contribution in [3.8, 4) is 0 Å². The maximum absolute atomic E-state index is 12.0. The number of aliphatic hydroxyl groups excluding tert-OH is 1. The number of benzene rings is 1. The van der Waals surface area contributed by atoms with Crippen molar-refractivity contribution in [3.63, 3.8) is 0 Å². The zero-order chi connectivity index (χ0) is 27.1. The first-order valence-electron chi connectivity index (χ1n) is 10.4. The molecule has 190 valence electrons. The van der Waals surface area contributed by atoms with Gasteiger partial charge in [0.05, 0.1) is 10.5 Å². The highest BCUT2D eigenvalue weighted by Crippen LogP contribution is 2.20. The van der Waals surface area contributed by atoms with Crippen LogP contribution in [-0.2, 0) is 24.2 Å². The van der Waals surface area contributed by atoms with Gasteiger partial charge in [-0.05, 0) is 52.7 Å². The molecule has 0 atom stereocenters. The van der Waals surface area contributed by atoms with E-state index in [0.29, 0.717) is 18.4 Å². The van der Waals surface area contributed by atoms with E-state index in [2.05, 4.69) is 0 Å². The van der Waals surface area contributed by atoms with E-state index in [1.165, 1.54) is 25.1 Å². The molecule has 0 spiro atoms. The first-order valence-corrected chi connectivity index (χ1v) is 11.9. The molecule has 1 aromatic carbocycles. The molecular formula is C24H34O9S. The Labute approximate surface area is 200 Å². The van der Waals surface area contributed by atoms with Gasteiger partial charge >= 0.3 is 17.9 Å². The summed E-state index contributed by atoms with van der Waals surface area (Å²) in [6.07, 6.45) is 4.32. The lowest BCUT2D eigenvalue weighted by atomic mass is 10.2. The first-order chi connectivity index (χ1) is 15.7. The van der Waals surface area contributed by atoms with Crippen LogP contribution in [0.5, 0.6) is 0 Å². The fraction of sp³-hybridized carbons (Fsp3) is 0.375. The van der Waals surface area contributed by atoms with Crippen molar-refractivity contribution in [2.75, 3.05) is 0 Å². The van der Waals surface area contributed by atoms with Crippen molar-refractivity contribution >= 4 is 27.7 Å². The molecule has 0 fully saturated rings. The molecule has 10 heteroatoms. The van der Waals surface area contributed by atoms with Gasteiger partial charge in [0.25, 0.3) is 0 Å². The Morgan fingerprint density at radius 1 is 0.882 bits per heavy atom. The van der Waals surface area contributed by atoms with Crippen LogP contribution < -0.4 is 0 Å². The Morgan fingerprint density at radius 2 is 1.38 bits per heavy atom. The number of sulfone groups is 1. The van der Waals surface area contributed by atoms with E-state index in [-0.39, 0.29) is 16.2 Å². The fourth-order valence-electron chi connectivity index (χ4n) is 2.01. The first kappa shape index (κ1) is 32.8. The van der Waals surface area contributed by atoms with Crippen LogP contribution in [0.4, 0.5) is 0 Å². The molecule has 0 saturated carbocycles. The molecular weight excluding hydrogens is 464 g/mol. The molecule has 0 aliphatic carbocycles. The standard InChI is InChI=1S/C12H14O4S.C7H12O3.C5H8O2/c1-3-4-11(12(13)14)17(15,16)10-7-5-9(2)6-8-10;1-3-4-6(8)5(2)7(9)10;1-3-4(2)5(6)7/h4-8H,3H2,1-2H3,(H,13,14);8H,3-4H2,1-2H3,(H,9,10);3H,1-2H3,(H,6,7)/b11-4+;6-5+;4-3+. The summed E-state index contributed by atoms with van der Waals surface area (Å²) in [6, 6.07) is 6.10. The summed E-state index contributed by atoms with van der Waals surface area (Å²) in [5.41, 5.74) is 1.35.